The van der Waals surface area contributed by atoms with Gasteiger partial charge in [0.15, 0.2) is 0 Å². The Bertz CT molecular complexity index is 591. The van der Waals surface area contributed by atoms with Crippen LogP contribution in [0.2, 0.25) is 0 Å². The molecular weight excluding hydrogens is 267 g/mol. The number of anilines is 2. The summed E-state index contributed by atoms with van der Waals surface area (Å²) in [6.07, 6.45) is 6.54. The molecule has 21 heavy (non-hydrogen) atoms. The van der Waals surface area contributed by atoms with Gasteiger partial charge in [0.25, 0.3) is 0 Å². The van der Waals surface area contributed by atoms with E-state index in [1.165, 1.54) is 17.7 Å². The maximum absolute atomic E-state index is 12.9. The molecule has 2 heterocycles. The number of hydrogen-bond acceptors (Lipinski definition) is 4. The molecule has 0 saturated carbocycles. The van der Waals surface area contributed by atoms with Crippen LogP contribution in [-0.4, -0.2) is 23.1 Å². The minimum absolute atomic E-state index is 0.172. The number of hydrogen-bond donors (Lipinski definition) is 1. The molecule has 1 aliphatic heterocycles. The average molecular weight is 286 g/mol. The highest BCUT2D eigenvalue weighted by Gasteiger charge is 2.20. The topological polar surface area (TPSA) is 55.0 Å². The lowest BCUT2D eigenvalue weighted by atomic mass is 9.90. The number of piperidine rings is 1. The van der Waals surface area contributed by atoms with Gasteiger partial charge in [-0.25, -0.2) is 9.37 Å². The molecule has 110 valence electrons. The highest BCUT2D eigenvalue weighted by Crippen LogP contribution is 2.24. The van der Waals surface area contributed by atoms with E-state index in [4.69, 9.17) is 5.73 Å². The van der Waals surface area contributed by atoms with Gasteiger partial charge < -0.3 is 10.6 Å². The van der Waals surface area contributed by atoms with Gasteiger partial charge in [-0.15, -0.1) is 0 Å². The lowest BCUT2D eigenvalue weighted by molar-refractivity contribution is 0.402. The maximum Gasteiger partial charge on any atom is 0.149 e. The second-order valence-corrected chi connectivity index (χ2v) is 5.56. The molecule has 1 saturated heterocycles. The molecule has 1 aromatic carbocycles. The van der Waals surface area contributed by atoms with Gasteiger partial charge in [0, 0.05) is 13.1 Å². The van der Waals surface area contributed by atoms with Gasteiger partial charge >= 0.3 is 0 Å². The molecule has 4 nitrogen and oxygen atoms in total. The van der Waals surface area contributed by atoms with Crippen LogP contribution in [0.15, 0.2) is 36.7 Å². The predicted molar refractivity (Wildman–Crippen MR) is 81.5 cm³/mol. The number of benzene rings is 1. The van der Waals surface area contributed by atoms with E-state index in [-0.39, 0.29) is 5.82 Å². The summed E-state index contributed by atoms with van der Waals surface area (Å²) in [6, 6.07) is 6.83. The molecular formula is C16H19FN4. The summed E-state index contributed by atoms with van der Waals surface area (Å²) in [5.41, 5.74) is 6.88. The summed E-state index contributed by atoms with van der Waals surface area (Å²) < 4.78 is 12.9. The fourth-order valence-corrected chi connectivity index (χ4v) is 2.84. The number of nitrogens with zero attached hydrogens (tertiary/aromatic N) is 3. The van der Waals surface area contributed by atoms with E-state index >= 15 is 0 Å². The fraction of sp³-hybridized carbons (Fsp3) is 0.375. The first kappa shape index (κ1) is 13.8. The Balaban J connectivity index is 1.56. The summed E-state index contributed by atoms with van der Waals surface area (Å²) in [7, 11) is 0. The molecule has 1 aliphatic rings. The van der Waals surface area contributed by atoms with E-state index in [0.29, 0.717) is 11.7 Å². The van der Waals surface area contributed by atoms with Crippen molar-refractivity contribution in [3.8, 4) is 0 Å². The number of aromatic nitrogens is 2. The Morgan fingerprint density at radius 3 is 2.52 bits per heavy atom. The standard InChI is InChI=1S/C16H19FN4/c17-14-3-1-12(2-4-14)9-13-5-7-21(8-6-13)16-11-19-10-15(18)20-16/h1-4,10-11,13H,5-9H2,(H2,18,20). The third-order valence-corrected chi connectivity index (χ3v) is 4.02. The number of rotatable bonds is 3. The summed E-state index contributed by atoms with van der Waals surface area (Å²) >= 11 is 0. The van der Waals surface area contributed by atoms with Gasteiger partial charge in [-0.05, 0) is 42.9 Å². The number of halogens is 1. The predicted octanol–water partition coefficient (Wildman–Crippen LogP) is 2.66. The minimum atomic E-state index is -0.172. The van der Waals surface area contributed by atoms with Crippen LogP contribution < -0.4 is 10.6 Å². The summed E-state index contributed by atoms with van der Waals surface area (Å²) in [5.74, 6) is 1.78. The molecule has 2 aromatic rings. The highest BCUT2D eigenvalue weighted by molar-refractivity contribution is 5.41. The second kappa shape index (κ2) is 6.08. The Kier molecular flexibility index (Phi) is 3.99. The quantitative estimate of drug-likeness (QED) is 0.942. The largest absolute Gasteiger partial charge is 0.382 e. The van der Waals surface area contributed by atoms with Crippen molar-refractivity contribution in [2.45, 2.75) is 19.3 Å². The van der Waals surface area contributed by atoms with Gasteiger partial charge in [-0.3, -0.25) is 4.98 Å². The molecule has 0 bridgehead atoms. The molecule has 3 rings (SSSR count). The summed E-state index contributed by atoms with van der Waals surface area (Å²) in [5, 5.41) is 0. The zero-order valence-electron chi connectivity index (χ0n) is 11.9. The normalized spacial score (nSPS) is 16.1. The molecule has 0 radical (unpaired) electrons. The lowest BCUT2D eigenvalue weighted by Crippen LogP contribution is -2.35. The van der Waals surface area contributed by atoms with Crippen molar-refractivity contribution in [2.75, 3.05) is 23.7 Å². The first-order valence-electron chi connectivity index (χ1n) is 7.27. The van der Waals surface area contributed by atoms with Gasteiger partial charge in [0.1, 0.15) is 17.5 Å². The van der Waals surface area contributed by atoms with E-state index in [2.05, 4.69) is 14.9 Å². The van der Waals surface area contributed by atoms with E-state index in [9.17, 15) is 4.39 Å². The van der Waals surface area contributed by atoms with Crippen LogP contribution in [-0.2, 0) is 6.42 Å². The van der Waals surface area contributed by atoms with Crippen LogP contribution >= 0.6 is 0 Å². The smallest absolute Gasteiger partial charge is 0.149 e. The fourth-order valence-electron chi connectivity index (χ4n) is 2.84. The third kappa shape index (κ3) is 3.48. The van der Waals surface area contributed by atoms with E-state index in [1.54, 1.807) is 12.4 Å². The Morgan fingerprint density at radius 1 is 1.14 bits per heavy atom. The van der Waals surface area contributed by atoms with Crippen LogP contribution in [0.5, 0.6) is 0 Å². The number of nitrogens with two attached hydrogens (primary N) is 1. The first-order chi connectivity index (χ1) is 10.2. The lowest BCUT2D eigenvalue weighted by Gasteiger charge is -2.32. The molecule has 1 fully saturated rings. The molecule has 0 spiro atoms. The van der Waals surface area contributed by atoms with Gasteiger partial charge in [-0.2, -0.15) is 0 Å². The Labute approximate surface area is 123 Å². The van der Waals surface area contributed by atoms with Crippen LogP contribution in [0, 0.1) is 11.7 Å². The number of nitrogen functional groups attached to an aromatic ring is 1. The maximum atomic E-state index is 12.9. The van der Waals surface area contributed by atoms with Crippen LogP contribution in [0.3, 0.4) is 0 Å². The Hall–Kier alpha value is -2.17. The Morgan fingerprint density at radius 2 is 1.86 bits per heavy atom. The SMILES string of the molecule is Nc1cncc(N2CCC(Cc3ccc(F)cc3)CC2)n1. The molecule has 0 amide bonds. The first-order valence-corrected chi connectivity index (χ1v) is 7.27. The van der Waals surface area contributed by atoms with Crippen molar-refractivity contribution in [3.05, 3.63) is 48.0 Å². The van der Waals surface area contributed by atoms with Gasteiger partial charge in [-0.1, -0.05) is 12.1 Å². The van der Waals surface area contributed by atoms with Crippen LogP contribution in [0.4, 0.5) is 16.0 Å². The molecule has 2 N–H and O–H groups in total. The van der Waals surface area contributed by atoms with E-state index in [1.807, 2.05) is 12.1 Å². The van der Waals surface area contributed by atoms with Crippen molar-refractivity contribution in [1.82, 2.24) is 9.97 Å². The highest BCUT2D eigenvalue weighted by atomic mass is 19.1. The van der Waals surface area contributed by atoms with Crippen molar-refractivity contribution in [3.63, 3.8) is 0 Å². The van der Waals surface area contributed by atoms with Gasteiger partial charge in [0.2, 0.25) is 0 Å². The zero-order valence-corrected chi connectivity index (χ0v) is 11.9. The molecule has 1 aromatic heterocycles. The van der Waals surface area contributed by atoms with Crippen LogP contribution in [0.25, 0.3) is 0 Å². The zero-order chi connectivity index (χ0) is 14.7. The third-order valence-electron chi connectivity index (χ3n) is 4.02. The summed E-state index contributed by atoms with van der Waals surface area (Å²) in [4.78, 5) is 10.6. The molecule has 5 heteroatoms. The van der Waals surface area contributed by atoms with Crippen molar-refractivity contribution in [2.24, 2.45) is 5.92 Å². The van der Waals surface area contributed by atoms with Crippen molar-refractivity contribution >= 4 is 11.6 Å². The van der Waals surface area contributed by atoms with Crippen molar-refractivity contribution in [1.29, 1.82) is 0 Å². The monoisotopic (exact) mass is 286 g/mol. The van der Waals surface area contributed by atoms with E-state index < -0.39 is 0 Å². The molecule has 0 atom stereocenters. The van der Waals surface area contributed by atoms with Crippen molar-refractivity contribution < 1.29 is 4.39 Å². The summed E-state index contributed by atoms with van der Waals surface area (Å²) in [6.45, 7) is 1.92. The molecule has 0 aliphatic carbocycles. The van der Waals surface area contributed by atoms with Crippen LogP contribution in [0.1, 0.15) is 18.4 Å². The van der Waals surface area contributed by atoms with Gasteiger partial charge in [0.05, 0.1) is 12.4 Å². The average Bonchev–Trinajstić information content (AvgIpc) is 2.50. The van der Waals surface area contributed by atoms with E-state index in [0.717, 1.165) is 38.2 Å². The molecule has 0 unspecified atom stereocenters. The second-order valence-electron chi connectivity index (χ2n) is 5.56. The minimum Gasteiger partial charge on any atom is -0.382 e.